The summed E-state index contributed by atoms with van der Waals surface area (Å²) in [5.41, 5.74) is 2.93. The van der Waals surface area contributed by atoms with Crippen molar-refractivity contribution in [3.8, 4) is 0 Å². The van der Waals surface area contributed by atoms with Crippen molar-refractivity contribution in [1.82, 2.24) is 9.88 Å². The molecule has 0 amide bonds. The fraction of sp³-hybridized carbons (Fsp3) is 0.600. The standard InChI is InChI=1S/C10H16N2/c1-3-12-7-5-10-9(8(12)2)4-6-11-10/h4,6,8,11H,3,5,7H2,1-2H3. The number of nitrogens with one attached hydrogen (secondary N) is 1. The number of hydrogen-bond acceptors (Lipinski definition) is 1. The van der Waals surface area contributed by atoms with E-state index in [1.165, 1.54) is 24.2 Å². The Morgan fingerprint density at radius 2 is 2.50 bits per heavy atom. The second-order valence-corrected chi connectivity index (χ2v) is 3.47. The lowest BCUT2D eigenvalue weighted by Gasteiger charge is -2.32. The lowest BCUT2D eigenvalue weighted by atomic mass is 10.0. The molecule has 2 rings (SSSR count). The summed E-state index contributed by atoms with van der Waals surface area (Å²) in [6.07, 6.45) is 3.24. The van der Waals surface area contributed by atoms with E-state index in [2.05, 4.69) is 36.0 Å². The van der Waals surface area contributed by atoms with Gasteiger partial charge in [-0.2, -0.15) is 0 Å². The van der Waals surface area contributed by atoms with Gasteiger partial charge >= 0.3 is 0 Å². The fourth-order valence-corrected chi connectivity index (χ4v) is 2.10. The minimum atomic E-state index is 0.602. The van der Waals surface area contributed by atoms with Gasteiger partial charge in [0, 0.05) is 30.9 Å². The summed E-state index contributed by atoms with van der Waals surface area (Å²) in [4.78, 5) is 5.82. The predicted octanol–water partition coefficient (Wildman–Crippen LogP) is 1.95. The van der Waals surface area contributed by atoms with Crippen LogP contribution in [0.4, 0.5) is 0 Å². The highest BCUT2D eigenvalue weighted by Gasteiger charge is 2.22. The van der Waals surface area contributed by atoms with E-state index < -0.39 is 0 Å². The van der Waals surface area contributed by atoms with Crippen LogP contribution in [-0.4, -0.2) is 23.0 Å². The number of aromatic nitrogens is 1. The molecule has 1 unspecified atom stereocenters. The molecular weight excluding hydrogens is 148 g/mol. The van der Waals surface area contributed by atoms with Crippen LogP contribution in [0.1, 0.15) is 31.1 Å². The van der Waals surface area contributed by atoms with Crippen LogP contribution < -0.4 is 0 Å². The zero-order valence-electron chi connectivity index (χ0n) is 7.80. The summed E-state index contributed by atoms with van der Waals surface area (Å²) in [5.74, 6) is 0. The first-order chi connectivity index (χ1) is 5.83. The van der Waals surface area contributed by atoms with E-state index in [-0.39, 0.29) is 0 Å². The predicted molar refractivity (Wildman–Crippen MR) is 50.2 cm³/mol. The molecule has 0 aliphatic carbocycles. The lowest BCUT2D eigenvalue weighted by Crippen LogP contribution is -2.33. The van der Waals surface area contributed by atoms with Gasteiger partial charge in [0.05, 0.1) is 0 Å². The molecule has 1 N–H and O–H groups in total. The van der Waals surface area contributed by atoms with Gasteiger partial charge in [-0.15, -0.1) is 0 Å². The highest BCUT2D eigenvalue weighted by atomic mass is 15.2. The minimum absolute atomic E-state index is 0.602. The molecule has 0 radical (unpaired) electrons. The summed E-state index contributed by atoms with van der Waals surface area (Å²) in [6.45, 7) is 6.88. The van der Waals surface area contributed by atoms with Gasteiger partial charge in [-0.3, -0.25) is 4.90 Å². The van der Waals surface area contributed by atoms with Crippen LogP contribution in [0.25, 0.3) is 0 Å². The third-order valence-electron chi connectivity index (χ3n) is 2.92. The molecule has 2 heterocycles. The van der Waals surface area contributed by atoms with Crippen LogP contribution in [-0.2, 0) is 6.42 Å². The van der Waals surface area contributed by atoms with E-state index in [4.69, 9.17) is 0 Å². The maximum Gasteiger partial charge on any atom is 0.0337 e. The van der Waals surface area contributed by atoms with Crippen molar-refractivity contribution < 1.29 is 0 Å². The summed E-state index contributed by atoms with van der Waals surface area (Å²) in [7, 11) is 0. The van der Waals surface area contributed by atoms with Gasteiger partial charge in [-0.1, -0.05) is 6.92 Å². The van der Waals surface area contributed by atoms with Crippen molar-refractivity contribution in [2.24, 2.45) is 0 Å². The maximum atomic E-state index is 3.31. The van der Waals surface area contributed by atoms with E-state index in [0.29, 0.717) is 6.04 Å². The van der Waals surface area contributed by atoms with Crippen molar-refractivity contribution in [2.75, 3.05) is 13.1 Å². The van der Waals surface area contributed by atoms with E-state index in [1.807, 2.05) is 0 Å². The zero-order chi connectivity index (χ0) is 8.55. The van der Waals surface area contributed by atoms with Crippen molar-refractivity contribution in [2.45, 2.75) is 26.3 Å². The number of H-pyrrole nitrogens is 1. The van der Waals surface area contributed by atoms with Crippen molar-refractivity contribution in [3.63, 3.8) is 0 Å². The number of likely N-dealkylation sites (N-methyl/N-ethyl adjacent to an activating group) is 1. The van der Waals surface area contributed by atoms with Gasteiger partial charge in [-0.25, -0.2) is 0 Å². The SMILES string of the molecule is CCN1CCc2[nH]ccc2C1C. The number of hydrogen-bond donors (Lipinski definition) is 1. The molecule has 0 bridgehead atoms. The van der Waals surface area contributed by atoms with Gasteiger partial charge < -0.3 is 4.98 Å². The number of aromatic amines is 1. The van der Waals surface area contributed by atoms with Gasteiger partial charge in [0.2, 0.25) is 0 Å². The minimum Gasteiger partial charge on any atom is -0.365 e. The number of fused-ring (bicyclic) bond motifs is 1. The molecule has 1 aliphatic heterocycles. The molecule has 1 aromatic heterocycles. The van der Waals surface area contributed by atoms with Crippen LogP contribution in [0.2, 0.25) is 0 Å². The van der Waals surface area contributed by atoms with Gasteiger partial charge in [0.25, 0.3) is 0 Å². The maximum absolute atomic E-state index is 3.31. The smallest absolute Gasteiger partial charge is 0.0337 e. The topological polar surface area (TPSA) is 19.0 Å². The third kappa shape index (κ3) is 1.07. The molecular formula is C10H16N2. The molecule has 0 saturated heterocycles. The average Bonchev–Trinajstić information content (AvgIpc) is 2.53. The first kappa shape index (κ1) is 7.87. The molecule has 0 fully saturated rings. The van der Waals surface area contributed by atoms with Crippen LogP contribution >= 0.6 is 0 Å². The van der Waals surface area contributed by atoms with Crippen LogP contribution in [0.5, 0.6) is 0 Å². The monoisotopic (exact) mass is 164 g/mol. The first-order valence-electron chi connectivity index (χ1n) is 4.73. The second kappa shape index (κ2) is 2.94. The Balaban J connectivity index is 2.29. The quantitative estimate of drug-likeness (QED) is 0.672. The molecule has 0 saturated carbocycles. The molecule has 0 spiro atoms. The van der Waals surface area contributed by atoms with E-state index in [9.17, 15) is 0 Å². The summed E-state index contributed by atoms with van der Waals surface area (Å²) in [5, 5.41) is 0. The summed E-state index contributed by atoms with van der Waals surface area (Å²) < 4.78 is 0. The fourth-order valence-electron chi connectivity index (χ4n) is 2.10. The molecule has 2 nitrogen and oxygen atoms in total. The molecule has 66 valence electrons. The molecule has 0 aromatic carbocycles. The summed E-state index contributed by atoms with van der Waals surface area (Å²) in [6, 6.07) is 2.81. The van der Waals surface area contributed by atoms with Gasteiger partial charge in [0.15, 0.2) is 0 Å². The van der Waals surface area contributed by atoms with Crippen molar-refractivity contribution >= 4 is 0 Å². The van der Waals surface area contributed by atoms with Gasteiger partial charge in [-0.05, 0) is 25.1 Å². The Kier molecular flexibility index (Phi) is 1.93. The van der Waals surface area contributed by atoms with Crippen LogP contribution in [0.3, 0.4) is 0 Å². The van der Waals surface area contributed by atoms with E-state index in [1.54, 1.807) is 0 Å². The number of rotatable bonds is 1. The first-order valence-corrected chi connectivity index (χ1v) is 4.73. The highest BCUT2D eigenvalue weighted by Crippen LogP contribution is 2.27. The molecule has 1 aromatic rings. The highest BCUT2D eigenvalue weighted by molar-refractivity contribution is 5.26. The largest absolute Gasteiger partial charge is 0.365 e. The third-order valence-corrected chi connectivity index (χ3v) is 2.92. The van der Waals surface area contributed by atoms with Crippen LogP contribution in [0, 0.1) is 0 Å². The Hall–Kier alpha value is -0.760. The Bertz CT molecular complexity index is 265. The Labute approximate surface area is 73.6 Å². The van der Waals surface area contributed by atoms with Crippen LogP contribution in [0.15, 0.2) is 12.3 Å². The zero-order valence-corrected chi connectivity index (χ0v) is 7.80. The normalized spacial score (nSPS) is 24.0. The Morgan fingerprint density at radius 3 is 3.25 bits per heavy atom. The van der Waals surface area contributed by atoms with Crippen molar-refractivity contribution in [3.05, 3.63) is 23.5 Å². The molecule has 1 atom stereocenters. The lowest BCUT2D eigenvalue weighted by molar-refractivity contribution is 0.209. The van der Waals surface area contributed by atoms with Crippen molar-refractivity contribution in [1.29, 1.82) is 0 Å². The molecule has 1 aliphatic rings. The van der Waals surface area contributed by atoms with Gasteiger partial charge in [0.1, 0.15) is 0 Å². The molecule has 2 heteroatoms. The Morgan fingerprint density at radius 1 is 1.67 bits per heavy atom. The second-order valence-electron chi connectivity index (χ2n) is 3.47. The number of nitrogens with zero attached hydrogens (tertiary/aromatic N) is 1. The average molecular weight is 164 g/mol. The molecule has 12 heavy (non-hydrogen) atoms. The van der Waals surface area contributed by atoms with E-state index >= 15 is 0 Å². The van der Waals surface area contributed by atoms with E-state index in [0.717, 1.165) is 6.54 Å². The summed E-state index contributed by atoms with van der Waals surface area (Å²) >= 11 is 0.